The minimum Gasteiger partial charge on any atom is -0.373 e. The van der Waals surface area contributed by atoms with Gasteiger partial charge in [-0.1, -0.05) is 378 Å². The normalized spacial score (nSPS) is 11.3. The van der Waals surface area contributed by atoms with Crippen LogP contribution in [0.4, 0.5) is 0 Å². The van der Waals surface area contributed by atoms with Crippen molar-refractivity contribution in [2.75, 3.05) is 19.6 Å². The Bertz CT molecular complexity index is 3150. The molecule has 738 valence electrons. The minimum atomic E-state index is 0.0174. The maximum Gasteiger partial charge on any atom is 0.0978 e. The smallest absolute Gasteiger partial charge is 0.0978 e. The van der Waals surface area contributed by atoms with E-state index in [0.29, 0.717) is 5.92 Å². The third-order valence-electron chi connectivity index (χ3n) is 14.6. The number of aryl methyl sites for hydroxylation is 1. The highest BCUT2D eigenvalue weighted by Gasteiger charge is 2.24. The summed E-state index contributed by atoms with van der Waals surface area (Å²) in [6, 6.07) is 22.3. The van der Waals surface area contributed by atoms with Gasteiger partial charge in [0.05, 0.1) is 40.7 Å². The van der Waals surface area contributed by atoms with Crippen LogP contribution in [0.2, 0.25) is 0 Å². The summed E-state index contributed by atoms with van der Waals surface area (Å²) in [7, 11) is 0. The zero-order valence-electron chi connectivity index (χ0n) is 93.1. The number of allylic oxidation sites excluding steroid dienone is 1. The van der Waals surface area contributed by atoms with Crippen molar-refractivity contribution >= 4 is 64.6 Å². The Kier molecular flexibility index (Phi) is 103. The Hall–Kier alpha value is -7.07. The summed E-state index contributed by atoms with van der Waals surface area (Å²) in [5, 5.41) is 37.7. The summed E-state index contributed by atoms with van der Waals surface area (Å²) < 4.78 is 13.8. The van der Waals surface area contributed by atoms with Crippen molar-refractivity contribution in [3.05, 3.63) is 188 Å². The van der Waals surface area contributed by atoms with E-state index < -0.39 is 0 Å². The van der Waals surface area contributed by atoms with Crippen molar-refractivity contribution < 1.29 is 0 Å². The molecule has 0 spiro atoms. The minimum absolute atomic E-state index is 0.0174. The molecular weight excluding hydrogens is 1640 g/mol. The molecule has 1 N–H and O–H groups in total. The summed E-state index contributed by atoms with van der Waals surface area (Å²) in [6.45, 7) is 118. The van der Waals surface area contributed by atoms with E-state index in [4.69, 9.17) is 0 Å². The first-order chi connectivity index (χ1) is 59.7. The lowest BCUT2D eigenvalue weighted by Crippen LogP contribution is -2.28. The standard InChI is InChI=1S/C9H14N2.C9H13N.3C7H12N2.3C7H11NS.C7H8.C6H11N3.C6H10N2S.C3H8.12C2H6/c1-2-11-5-3-4-8-6-10-7-9(8)11;1-9(2,3)8-6-4-5-7-10-8;1-7(2,3)6-4-8-9-5-6;1-7(2,3)9-6-4-5-8-9;1-7(2,3)6-4-5-8-9-6;1-7(2,3)6-4-8-9-5-6;1-7(2,3)6-8-4-5-9-6;1-7(2,3)6-4-5-8-9-6;1-7-5-3-2-4-6-7;1-6(2,3)9-7-4-5-8-9;1-6(2,3)5-4-9-8-7-5;1-3-2;12*1-2/h6H,2-5,7H2,1H3;4-7H,1-3H3;2*4-6H,1-3H3;4-5H,1-3H3,(H,8,9);3*4-5H,1-3H3;2-6H,1H3;4-5H,1-3H3;4H,1-3H3;3H2,1-2H3;12*1-2H3. The van der Waals surface area contributed by atoms with E-state index in [9.17, 15) is 0 Å². The third kappa shape index (κ3) is 81.9. The van der Waals surface area contributed by atoms with E-state index in [2.05, 4.69) is 324 Å². The second-order valence-electron chi connectivity index (χ2n) is 34.1. The number of aromatic nitrogens is 13. The van der Waals surface area contributed by atoms with Crippen molar-refractivity contribution in [1.82, 2.24) is 68.2 Å². The number of pyridine rings is 1. The van der Waals surface area contributed by atoms with E-state index in [1.165, 1.54) is 86.8 Å². The van der Waals surface area contributed by atoms with Crippen LogP contribution in [-0.4, -0.2) is 106 Å². The van der Waals surface area contributed by atoms with Crippen LogP contribution in [0.25, 0.3) is 0 Å². The molecule has 0 saturated heterocycles. The Labute approximate surface area is 805 Å². The van der Waals surface area contributed by atoms with E-state index >= 15 is 0 Å². The molecular formula is C106H205N17S4. The molecule has 21 heteroatoms. The number of hydrogen-bond donors (Lipinski definition) is 1. The predicted octanol–water partition coefficient (Wildman–Crippen LogP) is 34.8. The van der Waals surface area contributed by atoms with Gasteiger partial charge in [0.1, 0.15) is 0 Å². The van der Waals surface area contributed by atoms with Crippen LogP contribution in [0.3, 0.4) is 0 Å². The van der Waals surface area contributed by atoms with Gasteiger partial charge in [-0.15, -0.1) is 16.4 Å². The maximum atomic E-state index is 4.29. The molecule has 0 aliphatic carbocycles. The van der Waals surface area contributed by atoms with Crippen LogP contribution in [-0.2, 0) is 43.6 Å². The molecule has 11 heterocycles. The average Bonchev–Trinajstić information content (AvgIpc) is 1.70. The summed E-state index contributed by atoms with van der Waals surface area (Å²) in [5.41, 5.74) is 10.8. The third-order valence-corrected chi connectivity index (χ3v) is 18.1. The van der Waals surface area contributed by atoms with E-state index in [1.807, 2.05) is 267 Å². The van der Waals surface area contributed by atoms with E-state index in [1.54, 1.807) is 52.5 Å². The van der Waals surface area contributed by atoms with Gasteiger partial charge in [0.25, 0.3) is 0 Å². The Morgan fingerprint density at radius 1 is 0.449 bits per heavy atom. The highest BCUT2D eigenvalue weighted by Crippen LogP contribution is 2.28. The fraction of sp³-hybridized carbons (Fsp3) is 0.670. The van der Waals surface area contributed by atoms with Crippen molar-refractivity contribution in [1.29, 1.82) is 0 Å². The van der Waals surface area contributed by atoms with Gasteiger partial charge in [0.2, 0.25) is 0 Å². The first kappa shape index (κ1) is 146. The molecule has 9 aromatic rings. The summed E-state index contributed by atoms with van der Waals surface area (Å²) in [6.07, 6.45) is 26.0. The molecule has 8 aromatic heterocycles. The molecule has 17 nitrogen and oxygen atoms in total. The number of aliphatic imine (C=N–C) groups is 1. The molecule has 3 aliphatic heterocycles. The first-order valence-corrected chi connectivity index (χ1v) is 51.3. The number of likely N-dealkylation sites (N-methyl/N-ethyl adjacent to an activating group) is 1. The van der Waals surface area contributed by atoms with Crippen LogP contribution in [0.5, 0.6) is 0 Å². The maximum absolute atomic E-state index is 4.29. The second-order valence-corrected chi connectivity index (χ2v) is 37.1. The summed E-state index contributed by atoms with van der Waals surface area (Å²) in [5.74, 6) is 0.428. The van der Waals surface area contributed by atoms with Crippen LogP contribution in [0.1, 0.15) is 431 Å². The molecule has 0 fully saturated rings. The van der Waals surface area contributed by atoms with Crippen molar-refractivity contribution in [2.24, 2.45) is 26.5 Å². The largest absolute Gasteiger partial charge is 0.373 e. The van der Waals surface area contributed by atoms with Gasteiger partial charge in [-0.2, -0.15) is 35.4 Å². The zero-order chi connectivity index (χ0) is 102. The lowest BCUT2D eigenvalue weighted by Gasteiger charge is -2.29. The number of thiazole rings is 1. The molecule has 0 unspecified atom stereocenters. The van der Waals surface area contributed by atoms with Crippen LogP contribution >= 0.6 is 45.9 Å². The van der Waals surface area contributed by atoms with Crippen molar-refractivity contribution in [3.8, 4) is 0 Å². The van der Waals surface area contributed by atoms with Crippen LogP contribution < -0.4 is 0 Å². The van der Waals surface area contributed by atoms with Gasteiger partial charge in [0, 0.05) is 141 Å². The number of H-pyrrole nitrogens is 1. The SMILES string of the molecule is CC.CC.CC.CC.CC.CC.CC.CC.CC.CC.CC.CC.CC(C)(C)C1C=NN=C1.CC(C)(C)c1ccccn1.CC(C)(C)c1ccn[nH]1.CC(C)(C)c1ccns1.CC(C)(C)c1cnsc1.CC(C)(C)c1csnn1.CC(C)(C)c1nccs1.CC(C)(C)n1cccn1.CC(C)(C)n1nccn1.CCC.CCN1CCCC2=C1CN=C2.Cc1ccccc1. The van der Waals surface area contributed by atoms with E-state index in [-0.39, 0.29) is 49.0 Å². The van der Waals surface area contributed by atoms with Gasteiger partial charge in [0.15, 0.2) is 0 Å². The van der Waals surface area contributed by atoms with E-state index in [0.717, 1.165) is 24.5 Å². The van der Waals surface area contributed by atoms with Crippen LogP contribution in [0.15, 0.2) is 165 Å². The topological polar surface area (TPSA) is 195 Å². The Morgan fingerprint density at radius 2 is 0.945 bits per heavy atom. The summed E-state index contributed by atoms with van der Waals surface area (Å²) in [4.78, 5) is 18.2. The quantitative estimate of drug-likeness (QED) is 0.164. The van der Waals surface area contributed by atoms with Crippen LogP contribution in [0, 0.1) is 18.3 Å². The molecule has 3 aliphatic rings. The van der Waals surface area contributed by atoms with Gasteiger partial charge in [-0.3, -0.25) is 19.8 Å². The fourth-order valence-electron chi connectivity index (χ4n) is 8.09. The Morgan fingerprint density at radius 3 is 1.18 bits per heavy atom. The van der Waals surface area contributed by atoms with Gasteiger partial charge in [-0.25, -0.2) is 13.7 Å². The van der Waals surface area contributed by atoms with Gasteiger partial charge >= 0.3 is 0 Å². The monoisotopic (exact) mass is 1840 g/mol. The predicted molar refractivity (Wildman–Crippen MR) is 584 cm³/mol. The second kappa shape index (κ2) is 89.5. The lowest BCUT2D eigenvalue weighted by molar-refractivity contribution is 0.312. The molecule has 0 radical (unpaired) electrons. The number of nitrogens with zero attached hydrogens (tertiary/aromatic N) is 16. The Balaban J connectivity index is -0.000000111. The number of nitrogens with one attached hydrogen (secondary N) is 1. The molecule has 0 bridgehead atoms. The number of benzene rings is 1. The van der Waals surface area contributed by atoms with Gasteiger partial charge < -0.3 is 4.90 Å². The molecule has 127 heavy (non-hydrogen) atoms. The summed E-state index contributed by atoms with van der Waals surface area (Å²) >= 11 is 6.22. The number of aromatic amines is 1. The van der Waals surface area contributed by atoms with Crippen molar-refractivity contribution in [3.63, 3.8) is 0 Å². The molecule has 0 atom stereocenters. The molecule has 0 amide bonds. The average molecular weight is 1850 g/mol. The lowest BCUT2D eigenvalue weighted by atomic mass is 9.83. The van der Waals surface area contributed by atoms with Gasteiger partial charge in [-0.05, 0) is 161 Å². The number of hydrogen-bond acceptors (Lipinski definition) is 18. The number of rotatable bonds is 1. The first-order valence-electron chi connectivity index (χ1n) is 48.0. The highest BCUT2D eigenvalue weighted by atomic mass is 32.1. The molecule has 12 rings (SSSR count). The molecule has 0 saturated carbocycles. The highest BCUT2D eigenvalue weighted by molar-refractivity contribution is 7.09. The molecule has 1 aromatic carbocycles. The fourth-order valence-corrected chi connectivity index (χ4v) is 10.9. The zero-order valence-corrected chi connectivity index (χ0v) is 96.4. The van der Waals surface area contributed by atoms with Crippen molar-refractivity contribution in [2.45, 2.75) is 444 Å².